The molecule has 0 saturated carbocycles. The van der Waals surface area contributed by atoms with Crippen LogP contribution >= 0.6 is 15.9 Å². The second kappa shape index (κ2) is 6.85. The lowest BCUT2D eigenvalue weighted by atomic mass is 10.2. The molecule has 112 valence electrons. The fourth-order valence-corrected chi connectivity index (χ4v) is 1.88. The van der Waals surface area contributed by atoms with Gasteiger partial charge >= 0.3 is 6.18 Å². The van der Waals surface area contributed by atoms with E-state index in [9.17, 15) is 13.2 Å². The normalized spacial score (nSPS) is 11.2. The Balaban J connectivity index is 1.82. The van der Waals surface area contributed by atoms with Crippen molar-refractivity contribution in [2.24, 2.45) is 0 Å². The number of hydrogen-bond donors (Lipinski definition) is 0. The second-order valence-corrected chi connectivity index (χ2v) is 5.09. The van der Waals surface area contributed by atoms with E-state index in [4.69, 9.17) is 9.47 Å². The zero-order valence-electron chi connectivity index (χ0n) is 10.9. The van der Waals surface area contributed by atoms with E-state index in [2.05, 4.69) is 15.9 Å². The monoisotopic (exact) mass is 360 g/mol. The maximum Gasteiger partial charge on any atom is 0.416 e. The van der Waals surface area contributed by atoms with Crippen LogP contribution in [0.3, 0.4) is 0 Å². The summed E-state index contributed by atoms with van der Waals surface area (Å²) < 4.78 is 49.2. The highest BCUT2D eigenvalue weighted by atomic mass is 79.9. The van der Waals surface area contributed by atoms with Crippen LogP contribution < -0.4 is 9.47 Å². The van der Waals surface area contributed by atoms with E-state index >= 15 is 0 Å². The minimum atomic E-state index is -4.37. The summed E-state index contributed by atoms with van der Waals surface area (Å²) in [7, 11) is 0. The topological polar surface area (TPSA) is 18.5 Å². The average Bonchev–Trinajstić information content (AvgIpc) is 2.45. The Morgan fingerprint density at radius 2 is 1.48 bits per heavy atom. The third kappa shape index (κ3) is 4.97. The van der Waals surface area contributed by atoms with E-state index < -0.39 is 11.7 Å². The summed E-state index contributed by atoms with van der Waals surface area (Å²) in [5.41, 5.74) is -0.728. The summed E-state index contributed by atoms with van der Waals surface area (Å²) in [4.78, 5) is 0. The Bertz CT molecular complexity index is 582. The lowest BCUT2D eigenvalue weighted by Gasteiger charge is -2.11. The molecule has 0 fully saturated rings. The average molecular weight is 361 g/mol. The molecule has 0 N–H and O–H groups in total. The van der Waals surface area contributed by atoms with Crippen molar-refractivity contribution in [1.82, 2.24) is 0 Å². The van der Waals surface area contributed by atoms with Gasteiger partial charge in [-0.25, -0.2) is 0 Å². The van der Waals surface area contributed by atoms with Gasteiger partial charge in [-0.3, -0.25) is 0 Å². The third-order valence-electron chi connectivity index (χ3n) is 2.60. The molecule has 0 aliphatic rings. The van der Waals surface area contributed by atoms with Crippen LogP contribution in [-0.4, -0.2) is 13.2 Å². The molecule has 0 amide bonds. The van der Waals surface area contributed by atoms with Crippen molar-refractivity contribution in [2.75, 3.05) is 13.2 Å². The van der Waals surface area contributed by atoms with Crippen molar-refractivity contribution >= 4 is 15.9 Å². The fraction of sp³-hybridized carbons (Fsp3) is 0.200. The number of benzene rings is 2. The standard InChI is InChI=1S/C15H12BrF3O2/c16-12-4-6-13(7-5-12)20-8-9-21-14-3-1-2-11(10-14)15(17,18)19/h1-7,10H,8-9H2. The highest BCUT2D eigenvalue weighted by Gasteiger charge is 2.30. The molecule has 2 nitrogen and oxygen atoms in total. The SMILES string of the molecule is FC(F)(F)c1cccc(OCCOc2ccc(Br)cc2)c1. The van der Waals surface area contributed by atoms with Gasteiger partial charge in [-0.2, -0.15) is 13.2 Å². The molecule has 21 heavy (non-hydrogen) atoms. The first-order valence-corrected chi connectivity index (χ1v) is 6.93. The number of alkyl halides is 3. The van der Waals surface area contributed by atoms with Gasteiger partial charge in [0, 0.05) is 4.47 Å². The van der Waals surface area contributed by atoms with Gasteiger partial charge < -0.3 is 9.47 Å². The zero-order valence-corrected chi connectivity index (χ0v) is 12.4. The Morgan fingerprint density at radius 1 is 0.857 bits per heavy atom. The Hall–Kier alpha value is -1.69. The molecule has 0 aromatic heterocycles. The molecule has 0 unspecified atom stereocenters. The number of rotatable bonds is 5. The Kier molecular flexibility index (Phi) is 5.12. The summed E-state index contributed by atoms with van der Waals surface area (Å²) in [6, 6.07) is 12.0. The molecular formula is C15H12BrF3O2. The predicted octanol–water partition coefficient (Wildman–Crippen LogP) is 4.93. The molecular weight excluding hydrogens is 349 g/mol. The van der Waals surface area contributed by atoms with Gasteiger partial charge in [0.25, 0.3) is 0 Å². The number of ether oxygens (including phenoxy) is 2. The van der Waals surface area contributed by atoms with Gasteiger partial charge in [-0.15, -0.1) is 0 Å². The van der Waals surface area contributed by atoms with Crippen LogP contribution in [-0.2, 0) is 6.18 Å². The third-order valence-corrected chi connectivity index (χ3v) is 3.12. The van der Waals surface area contributed by atoms with Crippen LogP contribution in [0.1, 0.15) is 5.56 Å². The molecule has 0 radical (unpaired) electrons. The van der Waals surface area contributed by atoms with Gasteiger partial charge in [0.2, 0.25) is 0 Å². The molecule has 0 heterocycles. The largest absolute Gasteiger partial charge is 0.490 e. The first-order valence-electron chi connectivity index (χ1n) is 6.13. The molecule has 0 aliphatic carbocycles. The van der Waals surface area contributed by atoms with Crippen molar-refractivity contribution in [3.05, 3.63) is 58.6 Å². The minimum absolute atomic E-state index is 0.164. The van der Waals surface area contributed by atoms with E-state index in [-0.39, 0.29) is 19.0 Å². The van der Waals surface area contributed by atoms with Crippen molar-refractivity contribution in [1.29, 1.82) is 0 Å². The van der Waals surface area contributed by atoms with Crippen molar-refractivity contribution in [2.45, 2.75) is 6.18 Å². The van der Waals surface area contributed by atoms with E-state index in [0.717, 1.165) is 16.6 Å². The van der Waals surface area contributed by atoms with Crippen LogP contribution in [0.2, 0.25) is 0 Å². The fourth-order valence-electron chi connectivity index (χ4n) is 1.61. The van der Waals surface area contributed by atoms with Crippen LogP contribution in [0.25, 0.3) is 0 Å². The molecule has 0 atom stereocenters. The van der Waals surface area contributed by atoms with Crippen LogP contribution in [0.15, 0.2) is 53.0 Å². The van der Waals surface area contributed by atoms with Gasteiger partial charge in [0.15, 0.2) is 0 Å². The quantitative estimate of drug-likeness (QED) is 0.704. The van der Waals surface area contributed by atoms with Crippen LogP contribution in [0, 0.1) is 0 Å². The zero-order chi connectivity index (χ0) is 15.3. The molecule has 0 saturated heterocycles. The van der Waals surface area contributed by atoms with Gasteiger partial charge in [-0.05, 0) is 42.5 Å². The van der Waals surface area contributed by atoms with Gasteiger partial charge in [-0.1, -0.05) is 22.0 Å². The maximum atomic E-state index is 12.5. The van der Waals surface area contributed by atoms with Gasteiger partial charge in [0.05, 0.1) is 5.56 Å². The summed E-state index contributed by atoms with van der Waals surface area (Å²) in [5, 5.41) is 0. The Labute approximate surface area is 128 Å². The minimum Gasteiger partial charge on any atom is -0.490 e. The lowest BCUT2D eigenvalue weighted by Crippen LogP contribution is -2.10. The second-order valence-electron chi connectivity index (χ2n) is 4.18. The maximum absolute atomic E-state index is 12.5. The predicted molar refractivity (Wildman–Crippen MR) is 76.6 cm³/mol. The summed E-state index contributed by atoms with van der Waals surface area (Å²) >= 11 is 3.31. The molecule has 6 heteroatoms. The Morgan fingerprint density at radius 3 is 2.10 bits per heavy atom. The van der Waals surface area contributed by atoms with E-state index in [1.54, 1.807) is 12.1 Å². The highest BCUT2D eigenvalue weighted by Crippen LogP contribution is 2.31. The van der Waals surface area contributed by atoms with Crippen molar-refractivity contribution in [3.8, 4) is 11.5 Å². The lowest BCUT2D eigenvalue weighted by molar-refractivity contribution is -0.137. The molecule has 2 aromatic carbocycles. The van der Waals surface area contributed by atoms with Crippen LogP contribution in [0.5, 0.6) is 11.5 Å². The first-order chi connectivity index (χ1) is 9.95. The molecule has 0 spiro atoms. The summed E-state index contributed by atoms with van der Waals surface area (Å²) in [6.45, 7) is 0.412. The molecule has 0 aliphatic heterocycles. The molecule has 2 rings (SSSR count). The summed E-state index contributed by atoms with van der Waals surface area (Å²) in [6.07, 6.45) is -4.37. The van der Waals surface area contributed by atoms with Crippen LogP contribution in [0.4, 0.5) is 13.2 Å². The summed E-state index contributed by atoms with van der Waals surface area (Å²) in [5.74, 6) is 0.843. The van der Waals surface area contributed by atoms with Crippen molar-refractivity contribution < 1.29 is 22.6 Å². The number of hydrogen-bond acceptors (Lipinski definition) is 2. The smallest absolute Gasteiger partial charge is 0.416 e. The number of halogens is 4. The molecule has 0 bridgehead atoms. The van der Waals surface area contributed by atoms with E-state index in [1.807, 2.05) is 12.1 Å². The van der Waals surface area contributed by atoms with Gasteiger partial charge in [0.1, 0.15) is 24.7 Å². The van der Waals surface area contributed by atoms with Crippen molar-refractivity contribution in [3.63, 3.8) is 0 Å². The highest BCUT2D eigenvalue weighted by molar-refractivity contribution is 9.10. The first kappa shape index (κ1) is 15.7. The van der Waals surface area contributed by atoms with E-state index in [0.29, 0.717) is 5.75 Å². The van der Waals surface area contributed by atoms with E-state index in [1.165, 1.54) is 12.1 Å². The molecule has 2 aromatic rings.